The van der Waals surface area contributed by atoms with Crippen LogP contribution in [0.5, 0.6) is 11.5 Å². The van der Waals surface area contributed by atoms with Gasteiger partial charge < -0.3 is 21.1 Å². The lowest BCUT2D eigenvalue weighted by molar-refractivity contribution is 0.0942. The van der Waals surface area contributed by atoms with E-state index in [1.165, 1.54) is 16.2 Å². The van der Waals surface area contributed by atoms with Gasteiger partial charge in [-0.15, -0.1) is 11.3 Å². The molecule has 2 aromatic heterocycles. The number of halogens is 1. The van der Waals surface area contributed by atoms with Crippen molar-refractivity contribution in [3.63, 3.8) is 0 Å². The number of nitrogens with zero attached hydrogens (tertiary/aromatic N) is 2. The summed E-state index contributed by atoms with van der Waals surface area (Å²) in [5.41, 5.74) is 7.67. The van der Waals surface area contributed by atoms with E-state index in [1.54, 1.807) is 30.5 Å². The topological polar surface area (TPSA) is 110 Å². The summed E-state index contributed by atoms with van der Waals surface area (Å²) >= 11 is 7.79. The van der Waals surface area contributed by atoms with Crippen LogP contribution in [0.1, 0.15) is 28.9 Å². The van der Waals surface area contributed by atoms with Crippen molar-refractivity contribution < 1.29 is 14.3 Å². The molecule has 182 valence electrons. The second kappa shape index (κ2) is 9.09. The molecule has 2 aliphatic rings. The van der Waals surface area contributed by atoms with Gasteiger partial charge in [0.1, 0.15) is 21.2 Å². The number of hydrogen-bond donors (Lipinski definition) is 3. The van der Waals surface area contributed by atoms with Crippen LogP contribution < -0.4 is 26.0 Å². The highest BCUT2D eigenvalue weighted by atomic mass is 35.5. The molecular weight excluding hydrogens is 498 g/mol. The van der Waals surface area contributed by atoms with Gasteiger partial charge in [-0.2, -0.15) is 0 Å². The molecule has 1 fully saturated rings. The van der Waals surface area contributed by atoms with E-state index in [0.29, 0.717) is 43.3 Å². The van der Waals surface area contributed by atoms with Gasteiger partial charge in [0.15, 0.2) is 0 Å². The quantitative estimate of drug-likeness (QED) is 0.298. The van der Waals surface area contributed by atoms with E-state index in [0.717, 1.165) is 24.6 Å². The minimum Gasteiger partial charge on any atom is -0.456 e. The van der Waals surface area contributed by atoms with Crippen LogP contribution in [-0.4, -0.2) is 29.0 Å². The number of nitrogens with two attached hydrogens (primary N) is 1. The van der Waals surface area contributed by atoms with Gasteiger partial charge in [0.2, 0.25) is 0 Å². The number of benzene rings is 2. The average Bonchev–Trinajstić information content (AvgIpc) is 3.45. The van der Waals surface area contributed by atoms with Gasteiger partial charge in [0, 0.05) is 18.3 Å². The van der Waals surface area contributed by atoms with Crippen molar-refractivity contribution in [1.29, 1.82) is 0 Å². The number of carbonyl (C=O) groups is 2. The van der Waals surface area contributed by atoms with Gasteiger partial charge >= 0.3 is 6.03 Å². The van der Waals surface area contributed by atoms with Crippen molar-refractivity contribution >= 4 is 62.2 Å². The first-order valence-corrected chi connectivity index (χ1v) is 12.8. The van der Waals surface area contributed by atoms with Crippen LogP contribution in [0.3, 0.4) is 0 Å². The molecule has 1 aliphatic heterocycles. The van der Waals surface area contributed by atoms with E-state index in [-0.39, 0.29) is 18.0 Å². The van der Waals surface area contributed by atoms with E-state index < -0.39 is 6.03 Å². The summed E-state index contributed by atoms with van der Waals surface area (Å²) in [5.74, 6) is 0.912. The van der Waals surface area contributed by atoms with E-state index in [2.05, 4.69) is 15.6 Å². The van der Waals surface area contributed by atoms with Crippen molar-refractivity contribution in [3.8, 4) is 11.5 Å². The standard InChI is InChI=1S/C26H22ClN5O3S/c27-18-13-16(8-9-20(18)35-17-4-2-1-3-5-17)32-19-10-11-29-25-21(19)22(31-26(32)34)23(36-25)24(33)30-15-7-6-14(28)12-15/h1-5,8-11,13-15H,6-7,12,28H2,(H,30,33)(H,31,34)/t14-,15+/m1/s1. The molecule has 1 aliphatic carbocycles. The molecule has 2 aromatic carbocycles. The Kier molecular flexibility index (Phi) is 5.75. The summed E-state index contributed by atoms with van der Waals surface area (Å²) in [6, 6.07) is 16.0. The van der Waals surface area contributed by atoms with Crippen molar-refractivity contribution in [2.24, 2.45) is 5.73 Å². The molecule has 6 rings (SSSR count). The zero-order valence-corrected chi connectivity index (χ0v) is 20.6. The minimum atomic E-state index is -0.391. The second-order valence-electron chi connectivity index (χ2n) is 8.86. The second-order valence-corrected chi connectivity index (χ2v) is 10.3. The van der Waals surface area contributed by atoms with Crippen LogP contribution in [0.4, 0.5) is 21.9 Å². The summed E-state index contributed by atoms with van der Waals surface area (Å²) in [6.07, 6.45) is 4.12. The third-order valence-electron chi connectivity index (χ3n) is 6.41. The number of hydrogen-bond acceptors (Lipinski definition) is 6. The number of aromatic nitrogens is 1. The Bertz CT molecular complexity index is 1490. The van der Waals surface area contributed by atoms with E-state index in [4.69, 9.17) is 22.1 Å². The third-order valence-corrected chi connectivity index (χ3v) is 7.80. The van der Waals surface area contributed by atoms with Gasteiger partial charge in [0.05, 0.1) is 27.5 Å². The predicted octanol–water partition coefficient (Wildman–Crippen LogP) is 6.04. The lowest BCUT2D eigenvalue weighted by Gasteiger charge is -2.28. The Morgan fingerprint density at radius 2 is 2.03 bits per heavy atom. The molecule has 0 unspecified atom stereocenters. The molecule has 8 nitrogen and oxygen atoms in total. The zero-order chi connectivity index (χ0) is 24.8. The highest BCUT2D eigenvalue weighted by Gasteiger charge is 2.34. The molecule has 1 saturated carbocycles. The molecule has 4 N–H and O–H groups in total. The van der Waals surface area contributed by atoms with E-state index in [1.807, 2.05) is 30.3 Å². The van der Waals surface area contributed by atoms with Crippen LogP contribution in [0.15, 0.2) is 60.8 Å². The molecule has 0 spiro atoms. The number of rotatable bonds is 5. The van der Waals surface area contributed by atoms with Crippen LogP contribution in [0.2, 0.25) is 5.02 Å². The number of para-hydroxylation sites is 1. The monoisotopic (exact) mass is 519 g/mol. The van der Waals surface area contributed by atoms with Gasteiger partial charge in [0.25, 0.3) is 5.91 Å². The Morgan fingerprint density at radius 3 is 2.78 bits per heavy atom. The fraction of sp³-hybridized carbons (Fsp3) is 0.192. The first-order valence-electron chi connectivity index (χ1n) is 11.6. The van der Waals surface area contributed by atoms with E-state index in [9.17, 15) is 9.59 Å². The van der Waals surface area contributed by atoms with E-state index >= 15 is 0 Å². The molecule has 4 aromatic rings. The molecule has 0 radical (unpaired) electrons. The number of pyridine rings is 1. The summed E-state index contributed by atoms with van der Waals surface area (Å²) in [7, 11) is 0. The summed E-state index contributed by atoms with van der Waals surface area (Å²) in [6.45, 7) is 0. The van der Waals surface area contributed by atoms with Gasteiger partial charge in [-0.1, -0.05) is 29.8 Å². The van der Waals surface area contributed by atoms with Crippen molar-refractivity contribution in [2.75, 3.05) is 10.2 Å². The maximum absolute atomic E-state index is 13.3. The lowest BCUT2D eigenvalue weighted by atomic mass is 10.1. The van der Waals surface area contributed by atoms with Gasteiger partial charge in [-0.3, -0.25) is 9.69 Å². The predicted molar refractivity (Wildman–Crippen MR) is 142 cm³/mol. The zero-order valence-electron chi connectivity index (χ0n) is 19.0. The average molecular weight is 520 g/mol. The fourth-order valence-corrected chi connectivity index (χ4v) is 5.96. The van der Waals surface area contributed by atoms with Gasteiger partial charge in [-0.05, 0) is 55.7 Å². The number of anilines is 3. The smallest absolute Gasteiger partial charge is 0.331 e. The highest BCUT2D eigenvalue weighted by molar-refractivity contribution is 7.21. The first-order chi connectivity index (χ1) is 17.5. The fourth-order valence-electron chi connectivity index (χ4n) is 4.73. The lowest BCUT2D eigenvalue weighted by Crippen LogP contribution is -2.36. The Labute approximate surface area is 216 Å². The maximum atomic E-state index is 13.3. The van der Waals surface area contributed by atoms with Crippen LogP contribution in [-0.2, 0) is 0 Å². The number of ether oxygens (including phenoxy) is 1. The third kappa shape index (κ3) is 4.05. The first kappa shape index (κ1) is 22.8. The number of nitrogens with one attached hydrogen (secondary N) is 2. The van der Waals surface area contributed by atoms with Crippen molar-refractivity contribution in [1.82, 2.24) is 10.3 Å². The van der Waals surface area contributed by atoms with Crippen molar-refractivity contribution in [2.45, 2.75) is 31.3 Å². The molecule has 0 bridgehead atoms. The normalized spacial score (nSPS) is 18.8. The maximum Gasteiger partial charge on any atom is 0.331 e. The Morgan fingerprint density at radius 1 is 1.19 bits per heavy atom. The molecule has 10 heteroatoms. The number of urea groups is 1. The molecule has 2 atom stereocenters. The molecule has 3 amide bonds. The van der Waals surface area contributed by atoms with Crippen LogP contribution in [0, 0.1) is 0 Å². The van der Waals surface area contributed by atoms with Crippen molar-refractivity contribution in [3.05, 3.63) is 70.7 Å². The molecule has 36 heavy (non-hydrogen) atoms. The summed E-state index contributed by atoms with van der Waals surface area (Å²) < 4.78 is 5.87. The van der Waals surface area contributed by atoms with Crippen LogP contribution in [0.25, 0.3) is 10.2 Å². The molecule has 3 heterocycles. The van der Waals surface area contributed by atoms with Crippen LogP contribution >= 0.6 is 22.9 Å². The SMILES string of the molecule is N[C@@H]1CC[C@H](NC(=O)c2sc3nccc4c3c2NC(=O)N4c2ccc(Oc3ccccc3)c(Cl)c2)C1. The molecule has 0 saturated heterocycles. The summed E-state index contributed by atoms with van der Waals surface area (Å²) in [5, 5.41) is 7.05. The largest absolute Gasteiger partial charge is 0.456 e. The minimum absolute atomic E-state index is 0.0342. The van der Waals surface area contributed by atoms with Gasteiger partial charge in [-0.25, -0.2) is 9.78 Å². The Balaban J connectivity index is 1.34. The summed E-state index contributed by atoms with van der Waals surface area (Å²) in [4.78, 5) is 33.5. The highest BCUT2D eigenvalue weighted by Crippen LogP contribution is 2.46. The number of carbonyl (C=O) groups excluding carboxylic acids is 2. The number of amides is 3. The number of thiophene rings is 1. The Hall–Kier alpha value is -3.66. The molecular formula is C26H22ClN5O3S.